The van der Waals surface area contributed by atoms with Gasteiger partial charge in [0.15, 0.2) is 0 Å². The summed E-state index contributed by atoms with van der Waals surface area (Å²) in [4.78, 5) is 0. The third-order valence-electron chi connectivity index (χ3n) is 4.36. The van der Waals surface area contributed by atoms with E-state index in [0.717, 1.165) is 18.4 Å². The summed E-state index contributed by atoms with van der Waals surface area (Å²) < 4.78 is 13.6. The Hall–Kier alpha value is -0.410. The molecule has 1 nitrogen and oxygen atoms in total. The first-order valence-corrected chi connectivity index (χ1v) is 7.79. The fourth-order valence-corrected chi connectivity index (χ4v) is 3.31. The van der Waals surface area contributed by atoms with Gasteiger partial charge in [-0.2, -0.15) is 0 Å². The lowest BCUT2D eigenvalue weighted by Gasteiger charge is -2.36. The van der Waals surface area contributed by atoms with E-state index < -0.39 is 0 Å². The molecule has 0 aromatic heterocycles. The van der Waals surface area contributed by atoms with Gasteiger partial charge >= 0.3 is 0 Å². The molecule has 0 heterocycles. The summed E-state index contributed by atoms with van der Waals surface area (Å²) >= 11 is 3.19. The normalized spacial score (nSPS) is 21.3. The Kier molecular flexibility index (Phi) is 4.67. The van der Waals surface area contributed by atoms with Crippen molar-refractivity contribution >= 4 is 15.9 Å². The van der Waals surface area contributed by atoms with Crippen LogP contribution >= 0.6 is 15.9 Å². The summed E-state index contributed by atoms with van der Waals surface area (Å²) in [5.41, 5.74) is 1.42. The molecule has 3 heteroatoms. The van der Waals surface area contributed by atoms with Gasteiger partial charge in [0.25, 0.3) is 0 Å². The highest BCUT2D eigenvalue weighted by atomic mass is 79.9. The fourth-order valence-electron chi connectivity index (χ4n) is 2.88. The third kappa shape index (κ3) is 4.03. The molecule has 19 heavy (non-hydrogen) atoms. The Morgan fingerprint density at radius 3 is 2.58 bits per heavy atom. The average molecular weight is 329 g/mol. The smallest absolute Gasteiger partial charge is 0.137 e. The van der Waals surface area contributed by atoms with E-state index in [1.54, 1.807) is 12.1 Å². The molecule has 1 saturated carbocycles. The first-order chi connectivity index (χ1) is 8.87. The number of hydrogen-bond acceptors (Lipinski definition) is 1. The maximum absolute atomic E-state index is 13.2. The van der Waals surface area contributed by atoms with Gasteiger partial charge < -0.3 is 5.11 Å². The second-order valence-corrected chi connectivity index (χ2v) is 7.38. The van der Waals surface area contributed by atoms with E-state index in [1.807, 2.05) is 0 Å². The van der Waals surface area contributed by atoms with E-state index in [4.69, 9.17) is 0 Å². The molecule has 0 amide bonds. The lowest BCUT2D eigenvalue weighted by atomic mass is 9.71. The molecular formula is C16H22BrFO. The van der Waals surface area contributed by atoms with E-state index in [-0.39, 0.29) is 11.9 Å². The van der Waals surface area contributed by atoms with Gasteiger partial charge in [0, 0.05) is 0 Å². The summed E-state index contributed by atoms with van der Waals surface area (Å²) in [6.45, 7) is 4.60. The highest BCUT2D eigenvalue weighted by Crippen LogP contribution is 2.39. The van der Waals surface area contributed by atoms with Gasteiger partial charge in [0.1, 0.15) is 5.82 Å². The number of benzene rings is 1. The second kappa shape index (κ2) is 5.92. The van der Waals surface area contributed by atoms with Crippen molar-refractivity contribution in [3.63, 3.8) is 0 Å². The molecule has 1 atom stereocenters. The van der Waals surface area contributed by atoms with Gasteiger partial charge in [-0.15, -0.1) is 0 Å². The number of hydrogen-bond donors (Lipinski definition) is 1. The zero-order valence-corrected chi connectivity index (χ0v) is 13.2. The Morgan fingerprint density at radius 1 is 1.37 bits per heavy atom. The predicted molar refractivity (Wildman–Crippen MR) is 79.5 cm³/mol. The van der Waals surface area contributed by atoms with Crippen LogP contribution in [-0.2, 0) is 6.42 Å². The second-order valence-electron chi connectivity index (χ2n) is 6.52. The van der Waals surface area contributed by atoms with Crippen molar-refractivity contribution < 1.29 is 9.50 Å². The van der Waals surface area contributed by atoms with Crippen LogP contribution in [0.4, 0.5) is 4.39 Å². The van der Waals surface area contributed by atoms with Crippen LogP contribution in [0.3, 0.4) is 0 Å². The first kappa shape index (κ1) is 15.0. The molecule has 2 rings (SSSR count). The largest absolute Gasteiger partial charge is 0.392 e. The van der Waals surface area contributed by atoms with Crippen molar-refractivity contribution in [2.24, 2.45) is 11.3 Å². The minimum atomic E-state index is -0.312. The molecule has 0 aliphatic heterocycles. The highest BCUT2D eigenvalue weighted by molar-refractivity contribution is 9.10. The lowest BCUT2D eigenvalue weighted by molar-refractivity contribution is 0.0576. The molecule has 1 aliphatic rings. The fraction of sp³-hybridized carbons (Fsp3) is 0.625. The van der Waals surface area contributed by atoms with Crippen molar-refractivity contribution in [3.8, 4) is 0 Å². The van der Waals surface area contributed by atoms with E-state index in [0.29, 0.717) is 22.2 Å². The van der Waals surface area contributed by atoms with Gasteiger partial charge in [-0.05, 0) is 77.1 Å². The van der Waals surface area contributed by atoms with Gasteiger partial charge in [-0.25, -0.2) is 4.39 Å². The minimum Gasteiger partial charge on any atom is -0.392 e. The maximum Gasteiger partial charge on any atom is 0.137 e. The van der Waals surface area contributed by atoms with Crippen LogP contribution in [0, 0.1) is 17.2 Å². The predicted octanol–water partition coefficient (Wildman–Crippen LogP) is 4.71. The summed E-state index contributed by atoms with van der Waals surface area (Å²) in [7, 11) is 0. The molecule has 1 aromatic rings. The zero-order chi connectivity index (χ0) is 14.0. The lowest BCUT2D eigenvalue weighted by Crippen LogP contribution is -2.30. The minimum absolute atomic E-state index is 0.252. The van der Waals surface area contributed by atoms with E-state index in [2.05, 4.69) is 29.8 Å². The monoisotopic (exact) mass is 328 g/mol. The topological polar surface area (TPSA) is 20.2 Å². The highest BCUT2D eigenvalue weighted by Gasteiger charge is 2.30. The summed E-state index contributed by atoms with van der Waals surface area (Å²) in [6.07, 6.45) is 4.86. The molecule has 106 valence electrons. The SMILES string of the molecule is CC1(C)CCC(C(O)Cc2ccc(F)c(Br)c2)CC1. The Bertz CT molecular complexity index is 434. The number of rotatable bonds is 3. The number of halogens is 2. The standard InChI is InChI=1S/C16H22BrFO/c1-16(2)7-5-12(6-8-16)15(19)10-11-3-4-14(18)13(17)9-11/h3-4,9,12,15,19H,5-8,10H2,1-2H3. The summed E-state index contributed by atoms with van der Waals surface area (Å²) in [5.74, 6) is 0.134. The Labute approximate surface area is 123 Å². The molecule has 1 fully saturated rings. The molecule has 1 N–H and O–H groups in total. The molecule has 0 saturated heterocycles. The van der Waals surface area contributed by atoms with Crippen molar-refractivity contribution in [2.75, 3.05) is 0 Å². The van der Waals surface area contributed by atoms with Gasteiger partial charge in [0.05, 0.1) is 10.6 Å². The van der Waals surface area contributed by atoms with E-state index in [1.165, 1.54) is 18.9 Å². The van der Waals surface area contributed by atoms with Crippen LogP contribution in [0.2, 0.25) is 0 Å². The van der Waals surface area contributed by atoms with Crippen molar-refractivity contribution in [1.82, 2.24) is 0 Å². The van der Waals surface area contributed by atoms with Gasteiger partial charge in [-0.1, -0.05) is 19.9 Å². The molecular weight excluding hydrogens is 307 g/mol. The first-order valence-electron chi connectivity index (χ1n) is 6.99. The molecule has 0 radical (unpaired) electrons. The summed E-state index contributed by atoms with van der Waals surface area (Å²) in [6, 6.07) is 4.98. The van der Waals surface area contributed by atoms with Crippen molar-refractivity contribution in [2.45, 2.75) is 52.1 Å². The molecule has 0 bridgehead atoms. The molecule has 1 aromatic carbocycles. The molecule has 0 spiro atoms. The Balaban J connectivity index is 1.94. The van der Waals surface area contributed by atoms with E-state index >= 15 is 0 Å². The van der Waals surface area contributed by atoms with Gasteiger partial charge in [0.2, 0.25) is 0 Å². The molecule has 1 aliphatic carbocycles. The molecule has 1 unspecified atom stereocenters. The van der Waals surface area contributed by atoms with Crippen LogP contribution in [0.1, 0.15) is 45.1 Å². The van der Waals surface area contributed by atoms with Crippen molar-refractivity contribution in [1.29, 1.82) is 0 Å². The van der Waals surface area contributed by atoms with Crippen LogP contribution in [0.15, 0.2) is 22.7 Å². The number of aliphatic hydroxyl groups is 1. The summed E-state index contributed by atoms with van der Waals surface area (Å²) in [5, 5.41) is 10.3. The van der Waals surface area contributed by atoms with Gasteiger partial charge in [-0.3, -0.25) is 0 Å². The average Bonchev–Trinajstić information content (AvgIpc) is 2.33. The maximum atomic E-state index is 13.2. The zero-order valence-electron chi connectivity index (χ0n) is 11.6. The van der Waals surface area contributed by atoms with E-state index in [9.17, 15) is 9.50 Å². The quantitative estimate of drug-likeness (QED) is 0.852. The van der Waals surface area contributed by atoms with Crippen LogP contribution in [0.25, 0.3) is 0 Å². The van der Waals surface area contributed by atoms with Crippen molar-refractivity contribution in [3.05, 3.63) is 34.1 Å². The van der Waals surface area contributed by atoms with Crippen LogP contribution in [-0.4, -0.2) is 11.2 Å². The Morgan fingerprint density at radius 2 is 2.00 bits per heavy atom. The number of aliphatic hydroxyl groups excluding tert-OH is 1. The third-order valence-corrected chi connectivity index (χ3v) is 4.96. The van der Waals surface area contributed by atoms with Crippen LogP contribution < -0.4 is 0 Å². The van der Waals surface area contributed by atoms with Crippen LogP contribution in [0.5, 0.6) is 0 Å².